The van der Waals surface area contributed by atoms with E-state index in [2.05, 4.69) is 5.32 Å². The van der Waals surface area contributed by atoms with Gasteiger partial charge in [0.25, 0.3) is 0 Å². The summed E-state index contributed by atoms with van der Waals surface area (Å²) in [5.41, 5.74) is 2.97. The Hall–Kier alpha value is -3.15. The zero-order valence-electron chi connectivity index (χ0n) is 13.3. The number of aromatic nitrogens is 1. The molecule has 122 valence electrons. The first-order chi connectivity index (χ1) is 11.5. The number of carbonyl (C=O) groups excluding carboxylic acids is 2. The highest BCUT2D eigenvalue weighted by atomic mass is 16.4. The van der Waals surface area contributed by atoms with Gasteiger partial charge in [0.2, 0.25) is 0 Å². The lowest BCUT2D eigenvalue weighted by atomic mass is 10.1. The molecule has 0 radical (unpaired) electrons. The van der Waals surface area contributed by atoms with Crippen molar-refractivity contribution < 1.29 is 14.0 Å². The second kappa shape index (κ2) is 6.16. The molecule has 0 unspecified atom stereocenters. The molecule has 3 rings (SSSR count). The average molecular weight is 324 g/mol. The maximum absolute atomic E-state index is 12.4. The third-order valence-electron chi connectivity index (χ3n) is 3.88. The second-order valence-corrected chi connectivity index (χ2v) is 5.53. The fraction of sp³-hybridized carbons (Fsp3) is 0.167. The topological polar surface area (TPSA) is 81.3 Å². The molecule has 2 aromatic carbocycles. The number of rotatable bonds is 3. The minimum Gasteiger partial charge on any atom is -0.407 e. The number of fused-ring (bicyclic) bond motifs is 1. The molecule has 0 aliphatic carbocycles. The summed E-state index contributed by atoms with van der Waals surface area (Å²) in [4.78, 5) is 35.8. The Balaban J connectivity index is 1.90. The van der Waals surface area contributed by atoms with Crippen LogP contribution in [0.2, 0.25) is 0 Å². The summed E-state index contributed by atoms with van der Waals surface area (Å²) in [6, 6.07) is 11.6. The summed E-state index contributed by atoms with van der Waals surface area (Å²) in [5, 5.41) is 2.71. The van der Waals surface area contributed by atoms with E-state index in [-0.39, 0.29) is 11.4 Å². The van der Waals surface area contributed by atoms with Crippen molar-refractivity contribution in [2.45, 2.75) is 20.4 Å². The Morgan fingerprint density at radius 1 is 1.17 bits per heavy atom. The van der Waals surface area contributed by atoms with Crippen LogP contribution in [0.5, 0.6) is 0 Å². The van der Waals surface area contributed by atoms with Crippen LogP contribution in [0.1, 0.15) is 28.4 Å². The highest BCUT2D eigenvalue weighted by molar-refractivity contribution is 5.98. The first-order valence-corrected chi connectivity index (χ1v) is 7.46. The third kappa shape index (κ3) is 2.86. The number of aryl methyl sites for hydroxylation is 1. The van der Waals surface area contributed by atoms with Crippen LogP contribution in [-0.4, -0.2) is 16.4 Å². The molecule has 1 aromatic heterocycles. The molecule has 3 aromatic rings. The number of benzene rings is 2. The minimum atomic E-state index is -0.784. The number of hydrogen-bond acceptors (Lipinski definition) is 4. The van der Waals surface area contributed by atoms with E-state index in [1.165, 1.54) is 19.1 Å². The maximum Gasteiger partial charge on any atom is 0.428 e. The molecule has 1 N–H and O–H groups in total. The Bertz CT molecular complexity index is 998. The lowest BCUT2D eigenvalue weighted by Gasteiger charge is -2.07. The number of oxazole rings is 1. The summed E-state index contributed by atoms with van der Waals surface area (Å²) in [6.07, 6.45) is 0. The van der Waals surface area contributed by atoms with Gasteiger partial charge in [0, 0.05) is 12.1 Å². The van der Waals surface area contributed by atoms with Crippen molar-refractivity contribution in [3.63, 3.8) is 0 Å². The number of nitrogens with one attached hydrogen (secondary N) is 1. The van der Waals surface area contributed by atoms with Crippen LogP contribution >= 0.6 is 0 Å². The van der Waals surface area contributed by atoms with Crippen molar-refractivity contribution in [2.24, 2.45) is 0 Å². The molecule has 0 saturated heterocycles. The van der Waals surface area contributed by atoms with Crippen molar-refractivity contribution >= 4 is 22.9 Å². The number of ketones is 1. The van der Waals surface area contributed by atoms with E-state index in [9.17, 15) is 14.4 Å². The molecular weight excluding hydrogens is 308 g/mol. The first kappa shape index (κ1) is 15.7. The molecule has 6 heteroatoms. The van der Waals surface area contributed by atoms with E-state index in [1.807, 2.05) is 31.2 Å². The Labute approximate surface area is 137 Å². The zero-order chi connectivity index (χ0) is 17.3. The summed E-state index contributed by atoms with van der Waals surface area (Å²) < 4.78 is 6.01. The lowest BCUT2D eigenvalue weighted by Crippen LogP contribution is -2.33. The van der Waals surface area contributed by atoms with E-state index in [0.717, 1.165) is 15.7 Å². The van der Waals surface area contributed by atoms with Crippen molar-refractivity contribution in [1.29, 1.82) is 0 Å². The van der Waals surface area contributed by atoms with Gasteiger partial charge in [0.15, 0.2) is 11.4 Å². The van der Waals surface area contributed by atoms with Gasteiger partial charge in [-0.15, -0.1) is 0 Å². The smallest absolute Gasteiger partial charge is 0.407 e. The van der Waals surface area contributed by atoms with Crippen LogP contribution in [0.3, 0.4) is 0 Å². The molecule has 0 bridgehead atoms. The van der Waals surface area contributed by atoms with Gasteiger partial charge in [-0.1, -0.05) is 24.3 Å². The first-order valence-electron chi connectivity index (χ1n) is 7.46. The summed E-state index contributed by atoms with van der Waals surface area (Å²) >= 11 is 0. The standard InChI is InChI=1S/C18H16N2O4/c1-11-5-3-4-6-14(11)10-19-17(22)20-15-8-7-13(12(2)21)9-16(15)24-18(20)23/h3-9H,10H2,1-2H3,(H,19,22). The average Bonchev–Trinajstić information content (AvgIpc) is 2.88. The lowest BCUT2D eigenvalue weighted by molar-refractivity contribution is 0.101. The van der Waals surface area contributed by atoms with Crippen LogP contribution in [0.4, 0.5) is 4.79 Å². The zero-order valence-corrected chi connectivity index (χ0v) is 13.3. The molecular formula is C18H16N2O4. The van der Waals surface area contributed by atoms with Gasteiger partial charge in [-0.3, -0.25) is 4.79 Å². The van der Waals surface area contributed by atoms with E-state index in [0.29, 0.717) is 17.6 Å². The Morgan fingerprint density at radius 3 is 2.62 bits per heavy atom. The molecule has 0 saturated carbocycles. The Kier molecular flexibility index (Phi) is 4.04. The summed E-state index contributed by atoms with van der Waals surface area (Å²) in [6.45, 7) is 3.67. The largest absolute Gasteiger partial charge is 0.428 e. The molecule has 0 fully saturated rings. The van der Waals surface area contributed by atoms with E-state index in [4.69, 9.17) is 4.42 Å². The van der Waals surface area contributed by atoms with Gasteiger partial charge in [0.05, 0.1) is 5.52 Å². The number of carbonyl (C=O) groups is 2. The quantitative estimate of drug-likeness (QED) is 0.751. The molecule has 1 amide bonds. The number of amides is 1. The van der Waals surface area contributed by atoms with Crippen LogP contribution < -0.4 is 11.1 Å². The summed E-state index contributed by atoms with van der Waals surface area (Å²) in [7, 11) is 0. The van der Waals surface area contributed by atoms with E-state index in [1.54, 1.807) is 6.07 Å². The number of nitrogens with zero attached hydrogens (tertiary/aromatic N) is 1. The molecule has 0 aliphatic heterocycles. The van der Waals surface area contributed by atoms with Crippen molar-refractivity contribution in [2.75, 3.05) is 0 Å². The van der Waals surface area contributed by atoms with Crippen molar-refractivity contribution in [3.05, 3.63) is 69.7 Å². The highest BCUT2D eigenvalue weighted by Crippen LogP contribution is 2.15. The third-order valence-corrected chi connectivity index (χ3v) is 3.88. The molecule has 6 nitrogen and oxygen atoms in total. The SMILES string of the molecule is CC(=O)c1ccc2c(c1)oc(=O)n2C(=O)NCc1ccccc1C. The second-order valence-electron chi connectivity index (χ2n) is 5.53. The molecule has 0 aliphatic rings. The maximum atomic E-state index is 12.4. The van der Waals surface area contributed by atoms with Crippen molar-refractivity contribution in [1.82, 2.24) is 9.88 Å². The molecule has 1 heterocycles. The summed E-state index contributed by atoms with van der Waals surface area (Å²) in [5.74, 6) is -0.927. The van der Waals surface area contributed by atoms with Crippen LogP contribution in [0, 0.1) is 6.92 Å². The van der Waals surface area contributed by atoms with Crippen molar-refractivity contribution in [3.8, 4) is 0 Å². The van der Waals surface area contributed by atoms with Gasteiger partial charge < -0.3 is 9.73 Å². The minimum absolute atomic E-state index is 0.142. The van der Waals surface area contributed by atoms with Gasteiger partial charge in [0.1, 0.15) is 0 Å². The van der Waals surface area contributed by atoms with Gasteiger partial charge in [-0.2, -0.15) is 4.57 Å². The number of Topliss-reactive ketones (excluding diaryl/α,β-unsaturated/α-hetero) is 1. The predicted molar refractivity (Wildman–Crippen MR) is 89.3 cm³/mol. The fourth-order valence-corrected chi connectivity index (χ4v) is 2.49. The number of hydrogen-bond donors (Lipinski definition) is 1. The molecule has 0 spiro atoms. The van der Waals surface area contributed by atoms with E-state index < -0.39 is 11.8 Å². The van der Waals surface area contributed by atoms with E-state index >= 15 is 0 Å². The normalized spacial score (nSPS) is 10.8. The molecule has 0 atom stereocenters. The Morgan fingerprint density at radius 2 is 1.92 bits per heavy atom. The van der Waals surface area contributed by atoms with Crippen LogP contribution in [0.25, 0.3) is 11.1 Å². The molecule has 24 heavy (non-hydrogen) atoms. The van der Waals surface area contributed by atoms with Crippen LogP contribution in [-0.2, 0) is 6.54 Å². The highest BCUT2D eigenvalue weighted by Gasteiger charge is 2.17. The predicted octanol–water partition coefficient (Wildman–Crippen LogP) is 2.86. The monoisotopic (exact) mass is 324 g/mol. The van der Waals surface area contributed by atoms with Gasteiger partial charge in [-0.25, -0.2) is 9.59 Å². The van der Waals surface area contributed by atoms with Gasteiger partial charge in [-0.05, 0) is 43.2 Å². The van der Waals surface area contributed by atoms with Crippen LogP contribution in [0.15, 0.2) is 51.7 Å². The fourth-order valence-electron chi connectivity index (χ4n) is 2.49. The van der Waals surface area contributed by atoms with Gasteiger partial charge >= 0.3 is 11.8 Å².